The van der Waals surface area contributed by atoms with Gasteiger partial charge in [0, 0.05) is 6.54 Å². The smallest absolute Gasteiger partial charge is 0.246 e. The Bertz CT molecular complexity index is 369. The minimum absolute atomic E-state index is 0.0306. The molecule has 2 aliphatic heterocycles. The van der Waals surface area contributed by atoms with Gasteiger partial charge in [0.05, 0.1) is 0 Å². The van der Waals surface area contributed by atoms with Crippen LogP contribution in [-0.4, -0.2) is 46.8 Å². The average Bonchev–Trinajstić information content (AvgIpc) is 2.95. The number of carbonyl (C=O) groups excluding carboxylic acids is 2. The summed E-state index contributed by atoms with van der Waals surface area (Å²) in [4.78, 5) is 26.9. The molecule has 1 N–H and O–H groups in total. The van der Waals surface area contributed by atoms with Crippen LogP contribution in [0.4, 0.5) is 0 Å². The number of hydrogen-bond donors (Lipinski definition) is 1. The summed E-state index contributed by atoms with van der Waals surface area (Å²) in [5.74, 6) is 3.22. The van der Waals surface area contributed by atoms with Gasteiger partial charge in [0.2, 0.25) is 11.8 Å². The first-order valence-corrected chi connectivity index (χ1v) is 8.92. The van der Waals surface area contributed by atoms with Crippen molar-refractivity contribution in [2.75, 3.05) is 18.1 Å². The fourth-order valence-electron chi connectivity index (χ4n) is 3.03. The molecule has 5 heteroatoms. The molecule has 4 atom stereocenters. The van der Waals surface area contributed by atoms with Crippen molar-refractivity contribution in [3.05, 3.63) is 0 Å². The summed E-state index contributed by atoms with van der Waals surface area (Å²) >= 11 is 1.95. The van der Waals surface area contributed by atoms with Crippen LogP contribution in [0, 0.1) is 11.8 Å². The third-order valence-corrected chi connectivity index (χ3v) is 5.84. The number of carbonyl (C=O) groups is 2. The van der Waals surface area contributed by atoms with Gasteiger partial charge < -0.3 is 10.2 Å². The first-order valence-electron chi connectivity index (χ1n) is 7.77. The van der Waals surface area contributed by atoms with Crippen molar-refractivity contribution in [1.82, 2.24) is 10.2 Å². The van der Waals surface area contributed by atoms with Crippen molar-refractivity contribution in [3.8, 4) is 0 Å². The molecule has 0 radical (unpaired) electrons. The summed E-state index contributed by atoms with van der Waals surface area (Å²) in [5.41, 5.74) is 0. The first-order chi connectivity index (χ1) is 9.58. The van der Waals surface area contributed by atoms with Crippen molar-refractivity contribution in [2.45, 2.75) is 52.1 Å². The summed E-state index contributed by atoms with van der Waals surface area (Å²) in [5, 5.41) is 2.94. The molecule has 0 bridgehead atoms. The third-order valence-electron chi connectivity index (χ3n) is 4.60. The van der Waals surface area contributed by atoms with E-state index in [1.807, 2.05) is 30.5 Å². The zero-order valence-electron chi connectivity index (χ0n) is 12.7. The zero-order chi connectivity index (χ0) is 14.7. The number of thioether (sulfide) groups is 1. The van der Waals surface area contributed by atoms with E-state index in [1.54, 1.807) is 0 Å². The van der Waals surface area contributed by atoms with E-state index in [-0.39, 0.29) is 29.8 Å². The molecule has 0 saturated carbocycles. The number of nitrogens with zero attached hydrogens (tertiary/aromatic N) is 1. The van der Waals surface area contributed by atoms with Gasteiger partial charge in [0.25, 0.3) is 0 Å². The molecule has 4 nitrogen and oxygen atoms in total. The summed E-state index contributed by atoms with van der Waals surface area (Å²) in [6.07, 6.45) is 2.77. The van der Waals surface area contributed by atoms with E-state index in [4.69, 9.17) is 0 Å². The highest BCUT2D eigenvalue weighted by molar-refractivity contribution is 7.99. The van der Waals surface area contributed by atoms with Crippen molar-refractivity contribution < 1.29 is 9.59 Å². The van der Waals surface area contributed by atoms with E-state index in [0.717, 1.165) is 18.7 Å². The maximum absolute atomic E-state index is 12.7. The molecule has 114 valence electrons. The van der Waals surface area contributed by atoms with Crippen molar-refractivity contribution in [1.29, 1.82) is 0 Å². The van der Waals surface area contributed by atoms with E-state index in [2.05, 4.69) is 12.2 Å². The average molecular weight is 298 g/mol. The van der Waals surface area contributed by atoms with Gasteiger partial charge in [-0.15, -0.1) is 0 Å². The van der Waals surface area contributed by atoms with E-state index in [0.29, 0.717) is 12.3 Å². The molecule has 2 aliphatic rings. The van der Waals surface area contributed by atoms with Crippen LogP contribution in [0.2, 0.25) is 0 Å². The van der Waals surface area contributed by atoms with Crippen molar-refractivity contribution in [2.24, 2.45) is 11.8 Å². The molecule has 20 heavy (non-hydrogen) atoms. The van der Waals surface area contributed by atoms with Crippen LogP contribution in [0.15, 0.2) is 0 Å². The Hall–Kier alpha value is -0.710. The number of piperazine rings is 1. The van der Waals surface area contributed by atoms with Gasteiger partial charge >= 0.3 is 0 Å². The topological polar surface area (TPSA) is 49.4 Å². The van der Waals surface area contributed by atoms with Gasteiger partial charge in [-0.25, -0.2) is 0 Å². The summed E-state index contributed by atoms with van der Waals surface area (Å²) < 4.78 is 0. The predicted octanol–water partition coefficient (Wildman–Crippen LogP) is 1.89. The minimum atomic E-state index is -0.329. The second-order valence-electron chi connectivity index (χ2n) is 6.02. The molecule has 0 aliphatic carbocycles. The lowest BCUT2D eigenvalue weighted by Gasteiger charge is -2.41. The Morgan fingerprint density at radius 1 is 1.40 bits per heavy atom. The SMILES string of the molecule is CCC(C)C1NC(=O)C(CC)N(CC2CCSC2)C1=O. The Morgan fingerprint density at radius 2 is 2.15 bits per heavy atom. The van der Waals surface area contributed by atoms with Crippen LogP contribution in [0.1, 0.15) is 40.0 Å². The molecule has 2 fully saturated rings. The highest BCUT2D eigenvalue weighted by Crippen LogP contribution is 2.27. The highest BCUT2D eigenvalue weighted by Gasteiger charge is 2.42. The second kappa shape index (κ2) is 6.83. The van der Waals surface area contributed by atoms with E-state index < -0.39 is 0 Å². The van der Waals surface area contributed by atoms with Crippen LogP contribution < -0.4 is 5.32 Å². The van der Waals surface area contributed by atoms with Gasteiger partial charge in [-0.2, -0.15) is 11.8 Å². The molecular weight excluding hydrogens is 272 g/mol. The standard InChI is InChI=1S/C15H26N2O2S/c1-4-10(3)13-15(19)17(8-11-6-7-20-9-11)12(5-2)14(18)16-13/h10-13H,4-9H2,1-3H3,(H,16,18). The molecule has 0 spiro atoms. The van der Waals surface area contributed by atoms with Crippen molar-refractivity contribution >= 4 is 23.6 Å². The van der Waals surface area contributed by atoms with Gasteiger partial charge in [-0.05, 0) is 36.2 Å². The fourth-order valence-corrected chi connectivity index (χ4v) is 4.31. The van der Waals surface area contributed by atoms with E-state index >= 15 is 0 Å². The number of rotatable bonds is 5. The maximum atomic E-state index is 12.7. The fraction of sp³-hybridized carbons (Fsp3) is 0.867. The molecule has 0 aromatic carbocycles. The Morgan fingerprint density at radius 3 is 2.70 bits per heavy atom. The summed E-state index contributed by atoms with van der Waals surface area (Å²) in [6.45, 7) is 6.84. The Labute approximate surface area is 126 Å². The molecular formula is C15H26N2O2S. The molecule has 4 unspecified atom stereocenters. The minimum Gasteiger partial charge on any atom is -0.342 e. The van der Waals surface area contributed by atoms with Crippen LogP contribution in [0.5, 0.6) is 0 Å². The Balaban J connectivity index is 2.13. The van der Waals surface area contributed by atoms with Gasteiger partial charge in [-0.3, -0.25) is 9.59 Å². The third kappa shape index (κ3) is 3.13. The van der Waals surface area contributed by atoms with Crippen LogP contribution in [-0.2, 0) is 9.59 Å². The first kappa shape index (κ1) is 15.7. The zero-order valence-corrected chi connectivity index (χ0v) is 13.5. The molecule has 2 heterocycles. The largest absolute Gasteiger partial charge is 0.342 e. The van der Waals surface area contributed by atoms with Gasteiger partial charge in [0.15, 0.2) is 0 Å². The normalized spacial score (nSPS) is 32.4. The van der Waals surface area contributed by atoms with E-state index in [1.165, 1.54) is 12.2 Å². The summed E-state index contributed by atoms with van der Waals surface area (Å²) in [6, 6.07) is -0.599. The quantitative estimate of drug-likeness (QED) is 0.843. The predicted molar refractivity (Wildman–Crippen MR) is 82.6 cm³/mol. The highest BCUT2D eigenvalue weighted by atomic mass is 32.2. The second-order valence-corrected chi connectivity index (χ2v) is 7.17. The lowest BCUT2D eigenvalue weighted by atomic mass is 9.92. The number of nitrogens with one attached hydrogen (secondary N) is 1. The monoisotopic (exact) mass is 298 g/mol. The molecule has 2 rings (SSSR count). The summed E-state index contributed by atoms with van der Waals surface area (Å²) in [7, 11) is 0. The number of hydrogen-bond acceptors (Lipinski definition) is 3. The molecule has 0 aromatic heterocycles. The molecule has 2 saturated heterocycles. The van der Waals surface area contributed by atoms with Crippen LogP contribution in [0.3, 0.4) is 0 Å². The lowest BCUT2D eigenvalue weighted by molar-refractivity contribution is -0.151. The van der Waals surface area contributed by atoms with Crippen LogP contribution in [0.25, 0.3) is 0 Å². The molecule has 0 aromatic rings. The molecule has 2 amide bonds. The Kier molecular flexibility index (Phi) is 5.35. The van der Waals surface area contributed by atoms with Crippen molar-refractivity contribution in [3.63, 3.8) is 0 Å². The van der Waals surface area contributed by atoms with Gasteiger partial charge in [-0.1, -0.05) is 27.2 Å². The maximum Gasteiger partial charge on any atom is 0.246 e. The number of amides is 2. The lowest BCUT2D eigenvalue weighted by Crippen LogP contribution is -2.65. The van der Waals surface area contributed by atoms with E-state index in [9.17, 15) is 9.59 Å². The van der Waals surface area contributed by atoms with Crippen LogP contribution >= 0.6 is 11.8 Å². The van der Waals surface area contributed by atoms with Gasteiger partial charge in [0.1, 0.15) is 12.1 Å².